The van der Waals surface area contributed by atoms with Crippen LogP contribution < -0.4 is 0 Å². The van der Waals surface area contributed by atoms with Crippen LogP contribution in [0.2, 0.25) is 0 Å². The third-order valence-corrected chi connectivity index (χ3v) is 9.54. The highest BCUT2D eigenvalue weighted by atomic mass is 32.2. The average Bonchev–Trinajstić information content (AvgIpc) is 2.44. The Labute approximate surface area is 169 Å². The van der Waals surface area contributed by atoms with Gasteiger partial charge >= 0.3 is 0 Å². The molecule has 0 spiro atoms. The maximum atomic E-state index is 10.4. The molecule has 0 fully saturated rings. The van der Waals surface area contributed by atoms with Crippen LogP contribution in [0.5, 0.6) is 0 Å². The van der Waals surface area contributed by atoms with E-state index < -0.39 is 17.4 Å². The molecular formula is C22H41O3PS. The second-order valence-corrected chi connectivity index (χ2v) is 15.6. The van der Waals surface area contributed by atoms with Gasteiger partial charge in [-0.2, -0.15) is 0 Å². The normalized spacial score (nSPS) is 12.7. The summed E-state index contributed by atoms with van der Waals surface area (Å²) in [5.41, 5.74) is 1.92. The van der Waals surface area contributed by atoms with Crippen molar-refractivity contribution in [2.45, 2.75) is 71.9 Å². The van der Waals surface area contributed by atoms with Crippen molar-refractivity contribution in [1.82, 2.24) is 0 Å². The van der Waals surface area contributed by atoms with Crippen molar-refractivity contribution in [3.8, 4) is 0 Å². The van der Waals surface area contributed by atoms with E-state index in [1.54, 1.807) is 12.1 Å². The zero-order chi connectivity index (χ0) is 21.4. The maximum Gasteiger partial charge on any atom is 0.124 e. The number of hydrogen-bond donors (Lipinski definition) is 0. The van der Waals surface area contributed by atoms with Gasteiger partial charge in [-0.05, 0) is 49.7 Å². The van der Waals surface area contributed by atoms with E-state index in [2.05, 4.69) is 54.9 Å². The van der Waals surface area contributed by atoms with Crippen molar-refractivity contribution in [2.75, 3.05) is 19.5 Å². The molecule has 0 unspecified atom stereocenters. The van der Waals surface area contributed by atoms with Gasteiger partial charge in [0, 0.05) is 20.6 Å². The molecule has 0 aliphatic heterocycles. The van der Waals surface area contributed by atoms with Gasteiger partial charge < -0.3 is 4.55 Å². The molecule has 27 heavy (non-hydrogen) atoms. The summed E-state index contributed by atoms with van der Waals surface area (Å²) in [7, 11) is -4.99. The van der Waals surface area contributed by atoms with Gasteiger partial charge in [0.1, 0.15) is 10.1 Å². The smallest absolute Gasteiger partial charge is 0.124 e. The van der Waals surface area contributed by atoms with Crippen LogP contribution in [0, 0.1) is 24.7 Å². The van der Waals surface area contributed by atoms with Gasteiger partial charge in [0.15, 0.2) is 0 Å². The molecule has 1 rings (SSSR count). The van der Waals surface area contributed by atoms with Gasteiger partial charge in [-0.3, -0.25) is 0 Å². The standard InChI is InChI=1S/C15H34P.C7H8O3S/c1-12(2)9-15(10-13(3)4)16(7,8)11-14(5)6;1-6-2-4-7(5-3-6)11(8,9)10/h12-15H,9-11H2,1-8H3;2-5H,1H3,(H,8,9,10)/q+1;/p-1. The summed E-state index contributed by atoms with van der Waals surface area (Å²) in [6, 6.07) is 5.78. The fraction of sp³-hybridized carbons (Fsp3) is 0.727. The molecule has 1 aromatic carbocycles. The van der Waals surface area contributed by atoms with Crippen LogP contribution in [0.25, 0.3) is 0 Å². The molecule has 0 saturated carbocycles. The Kier molecular flexibility index (Phi) is 11.3. The third kappa shape index (κ3) is 11.9. The molecule has 0 amide bonds. The average molecular weight is 417 g/mol. The van der Waals surface area contributed by atoms with Crippen LogP contribution in [0.15, 0.2) is 29.2 Å². The van der Waals surface area contributed by atoms with Crippen LogP contribution in [0.1, 0.15) is 59.9 Å². The van der Waals surface area contributed by atoms with Crippen molar-refractivity contribution in [1.29, 1.82) is 0 Å². The van der Waals surface area contributed by atoms with Crippen molar-refractivity contribution < 1.29 is 13.0 Å². The molecule has 0 aromatic heterocycles. The van der Waals surface area contributed by atoms with Crippen molar-refractivity contribution in [2.24, 2.45) is 17.8 Å². The van der Waals surface area contributed by atoms with Crippen LogP contribution in [-0.4, -0.2) is 38.1 Å². The van der Waals surface area contributed by atoms with E-state index in [1.807, 2.05) is 6.92 Å². The highest BCUT2D eigenvalue weighted by Gasteiger charge is 2.37. The van der Waals surface area contributed by atoms with Crippen molar-refractivity contribution in [3.05, 3.63) is 29.8 Å². The Morgan fingerprint density at radius 2 is 1.26 bits per heavy atom. The Morgan fingerprint density at radius 3 is 1.56 bits per heavy atom. The first kappa shape index (κ1) is 26.6. The summed E-state index contributed by atoms with van der Waals surface area (Å²) < 4.78 is 31.2. The predicted octanol–water partition coefficient (Wildman–Crippen LogP) is 6.28. The fourth-order valence-electron chi connectivity index (χ4n) is 3.55. The second-order valence-electron chi connectivity index (χ2n) is 9.54. The van der Waals surface area contributed by atoms with E-state index in [0.29, 0.717) is 0 Å². The van der Waals surface area contributed by atoms with Crippen LogP contribution >= 0.6 is 7.26 Å². The first-order valence-corrected chi connectivity index (χ1v) is 14.3. The van der Waals surface area contributed by atoms with Gasteiger partial charge in [0.2, 0.25) is 0 Å². The topological polar surface area (TPSA) is 57.2 Å². The van der Waals surface area contributed by atoms with E-state index in [4.69, 9.17) is 0 Å². The van der Waals surface area contributed by atoms with E-state index in [1.165, 1.54) is 31.1 Å². The van der Waals surface area contributed by atoms with Crippen molar-refractivity contribution in [3.63, 3.8) is 0 Å². The SMILES string of the molecule is CC(C)CC(CC(C)C)[P+](C)(C)CC(C)C.Cc1ccc(S(=O)(=O)[O-])cc1. The van der Waals surface area contributed by atoms with Crippen LogP contribution in [0.3, 0.4) is 0 Å². The highest BCUT2D eigenvalue weighted by Crippen LogP contribution is 2.60. The van der Waals surface area contributed by atoms with Crippen LogP contribution in [0.4, 0.5) is 0 Å². The Balaban J connectivity index is 0.000000533. The van der Waals surface area contributed by atoms with Crippen molar-refractivity contribution >= 4 is 17.4 Å². The Hall–Kier alpha value is -0.440. The van der Waals surface area contributed by atoms with Gasteiger partial charge in [-0.1, -0.05) is 59.2 Å². The largest absolute Gasteiger partial charge is 0.744 e. The molecule has 0 heterocycles. The quantitative estimate of drug-likeness (QED) is 0.370. The predicted molar refractivity (Wildman–Crippen MR) is 120 cm³/mol. The molecule has 158 valence electrons. The zero-order valence-corrected chi connectivity index (χ0v) is 20.5. The monoisotopic (exact) mass is 416 g/mol. The van der Waals surface area contributed by atoms with Gasteiger partial charge in [0.25, 0.3) is 0 Å². The first-order chi connectivity index (χ1) is 12.1. The lowest BCUT2D eigenvalue weighted by Crippen LogP contribution is -2.21. The first-order valence-electron chi connectivity index (χ1n) is 10.00. The van der Waals surface area contributed by atoms with E-state index >= 15 is 0 Å². The molecule has 1 aromatic rings. The third-order valence-electron chi connectivity index (χ3n) is 4.62. The van der Waals surface area contributed by atoms with E-state index in [9.17, 15) is 13.0 Å². The molecule has 0 aliphatic carbocycles. The Morgan fingerprint density at radius 1 is 0.852 bits per heavy atom. The summed E-state index contributed by atoms with van der Waals surface area (Å²) in [6.45, 7) is 21.3. The fourth-order valence-corrected chi connectivity index (χ4v) is 8.18. The van der Waals surface area contributed by atoms with Gasteiger partial charge in [-0.25, -0.2) is 8.42 Å². The lowest BCUT2D eigenvalue weighted by molar-refractivity contribution is 0.463. The summed E-state index contributed by atoms with van der Waals surface area (Å²) in [5.74, 6) is 2.58. The highest BCUT2D eigenvalue weighted by molar-refractivity contribution is 7.85. The Bertz CT molecular complexity index is 622. The van der Waals surface area contributed by atoms with E-state index in [-0.39, 0.29) is 4.90 Å². The number of rotatable bonds is 8. The summed E-state index contributed by atoms with van der Waals surface area (Å²) in [5, 5.41) is 0. The van der Waals surface area contributed by atoms with Gasteiger partial charge in [-0.15, -0.1) is 0 Å². The van der Waals surface area contributed by atoms with E-state index in [0.717, 1.165) is 29.0 Å². The molecule has 0 saturated heterocycles. The molecule has 0 bridgehead atoms. The minimum atomic E-state index is -4.27. The minimum Gasteiger partial charge on any atom is -0.744 e. The second kappa shape index (κ2) is 11.5. The molecular weight excluding hydrogens is 375 g/mol. The zero-order valence-electron chi connectivity index (χ0n) is 18.8. The summed E-state index contributed by atoms with van der Waals surface area (Å²) >= 11 is 0. The number of benzene rings is 1. The number of hydrogen-bond acceptors (Lipinski definition) is 3. The maximum absolute atomic E-state index is 10.4. The summed E-state index contributed by atoms with van der Waals surface area (Å²) in [6.07, 6.45) is 4.34. The molecule has 0 atom stereocenters. The lowest BCUT2D eigenvalue weighted by atomic mass is 10.0. The lowest BCUT2D eigenvalue weighted by Gasteiger charge is -2.32. The van der Waals surface area contributed by atoms with Gasteiger partial charge in [0.05, 0.1) is 16.7 Å². The molecule has 0 N–H and O–H groups in total. The molecule has 0 aliphatic rings. The summed E-state index contributed by atoms with van der Waals surface area (Å²) in [4.78, 5) is -0.178. The number of aryl methyl sites for hydroxylation is 1. The molecule has 5 heteroatoms. The molecule has 3 nitrogen and oxygen atoms in total. The molecule has 0 radical (unpaired) electrons. The van der Waals surface area contributed by atoms with Crippen LogP contribution in [-0.2, 0) is 10.1 Å². The minimum absolute atomic E-state index is 0.178.